The highest BCUT2D eigenvalue weighted by atomic mass is 32.2. The molecule has 7 heteroatoms. The molecule has 0 saturated carbocycles. The number of halogens is 1. The molecule has 0 aliphatic rings. The largest absolute Gasteiger partial charge is 0.329 e. The summed E-state index contributed by atoms with van der Waals surface area (Å²) in [6.45, 7) is 5.65. The molecule has 0 aliphatic heterocycles. The van der Waals surface area contributed by atoms with Crippen LogP contribution in [-0.4, -0.2) is 36.3 Å². The van der Waals surface area contributed by atoms with Gasteiger partial charge in [0.05, 0.1) is 0 Å². The Kier molecular flexibility index (Phi) is 5.00. The van der Waals surface area contributed by atoms with Crippen molar-refractivity contribution in [3.05, 3.63) is 24.1 Å². The fourth-order valence-corrected chi connectivity index (χ4v) is 3.77. The molecule has 0 bridgehead atoms. The van der Waals surface area contributed by atoms with Crippen LogP contribution in [0.4, 0.5) is 4.39 Å². The lowest BCUT2D eigenvalue weighted by molar-refractivity contribution is 0.212. The van der Waals surface area contributed by atoms with E-state index in [1.165, 1.54) is 16.6 Å². The maximum atomic E-state index is 13.7. The van der Waals surface area contributed by atoms with Crippen LogP contribution >= 0.6 is 0 Å². The fourth-order valence-electron chi connectivity index (χ4n) is 1.93. The molecule has 0 spiro atoms. The second-order valence-electron chi connectivity index (χ2n) is 4.51. The first-order chi connectivity index (χ1) is 8.83. The van der Waals surface area contributed by atoms with Gasteiger partial charge in [-0.1, -0.05) is 13.8 Å². The van der Waals surface area contributed by atoms with Crippen molar-refractivity contribution >= 4 is 10.0 Å². The number of sulfonamides is 1. The van der Waals surface area contributed by atoms with Gasteiger partial charge in [0, 0.05) is 24.8 Å². The topological polar surface area (TPSA) is 76.3 Å². The molecular formula is C12H20FN3O2S. The Bertz CT molecular complexity index is 530. The Morgan fingerprint density at radius 2 is 2.11 bits per heavy atom. The standard InChI is InChI=1S/C12H20FN3O2S/c1-4-12(3,9-14)16(5-2)19(17,18)11-10(13)7-6-8-15-11/h6-8H,4-5,9,14H2,1-3H3. The third-order valence-corrected chi connectivity index (χ3v) is 5.42. The number of nitrogens with zero attached hydrogens (tertiary/aromatic N) is 2. The molecule has 1 rings (SSSR count). The lowest BCUT2D eigenvalue weighted by Gasteiger charge is -2.37. The van der Waals surface area contributed by atoms with Crippen LogP contribution in [0.15, 0.2) is 23.4 Å². The quantitative estimate of drug-likeness (QED) is 0.858. The number of hydrogen-bond acceptors (Lipinski definition) is 4. The van der Waals surface area contributed by atoms with Crippen LogP contribution in [-0.2, 0) is 10.0 Å². The van der Waals surface area contributed by atoms with Crippen molar-refractivity contribution in [1.82, 2.24) is 9.29 Å². The number of hydrogen-bond donors (Lipinski definition) is 1. The van der Waals surface area contributed by atoms with Gasteiger partial charge in [-0.25, -0.2) is 17.8 Å². The molecule has 1 unspecified atom stereocenters. The van der Waals surface area contributed by atoms with Crippen molar-refractivity contribution < 1.29 is 12.8 Å². The second-order valence-corrected chi connectivity index (χ2v) is 6.29. The van der Waals surface area contributed by atoms with Crippen molar-refractivity contribution in [1.29, 1.82) is 0 Å². The van der Waals surface area contributed by atoms with Crippen molar-refractivity contribution in [2.45, 2.75) is 37.8 Å². The second kappa shape index (κ2) is 5.94. The van der Waals surface area contributed by atoms with E-state index in [4.69, 9.17) is 5.73 Å². The number of aromatic nitrogens is 1. The molecule has 108 valence electrons. The van der Waals surface area contributed by atoms with E-state index in [-0.39, 0.29) is 13.1 Å². The zero-order valence-electron chi connectivity index (χ0n) is 11.4. The number of nitrogens with two attached hydrogens (primary N) is 1. The van der Waals surface area contributed by atoms with Gasteiger partial charge in [0.25, 0.3) is 10.0 Å². The van der Waals surface area contributed by atoms with Crippen LogP contribution in [0.2, 0.25) is 0 Å². The summed E-state index contributed by atoms with van der Waals surface area (Å²) in [6.07, 6.45) is 1.79. The molecule has 1 aromatic heterocycles. The van der Waals surface area contributed by atoms with Gasteiger partial charge in [0.15, 0.2) is 5.82 Å². The van der Waals surface area contributed by atoms with E-state index < -0.39 is 26.4 Å². The summed E-state index contributed by atoms with van der Waals surface area (Å²) >= 11 is 0. The summed E-state index contributed by atoms with van der Waals surface area (Å²) in [5, 5.41) is -0.551. The van der Waals surface area contributed by atoms with Gasteiger partial charge in [0.2, 0.25) is 5.03 Å². The third-order valence-electron chi connectivity index (χ3n) is 3.35. The van der Waals surface area contributed by atoms with Gasteiger partial charge in [-0.2, -0.15) is 4.31 Å². The predicted molar refractivity (Wildman–Crippen MR) is 71.5 cm³/mol. The lowest BCUT2D eigenvalue weighted by atomic mass is 9.99. The van der Waals surface area contributed by atoms with Gasteiger partial charge in [-0.05, 0) is 25.5 Å². The van der Waals surface area contributed by atoms with E-state index in [0.29, 0.717) is 6.42 Å². The van der Waals surface area contributed by atoms with Gasteiger partial charge in [-0.3, -0.25) is 0 Å². The monoisotopic (exact) mass is 289 g/mol. The highest BCUT2D eigenvalue weighted by Crippen LogP contribution is 2.26. The first-order valence-corrected chi connectivity index (χ1v) is 7.61. The Balaban J connectivity index is 3.36. The van der Waals surface area contributed by atoms with Gasteiger partial charge in [-0.15, -0.1) is 0 Å². The molecule has 0 saturated heterocycles. The molecule has 0 aliphatic carbocycles. The smallest absolute Gasteiger partial charge is 0.264 e. The maximum Gasteiger partial charge on any atom is 0.264 e. The number of likely N-dealkylation sites (N-methyl/N-ethyl adjacent to an activating group) is 1. The third kappa shape index (κ3) is 2.93. The van der Waals surface area contributed by atoms with Crippen LogP contribution in [0.3, 0.4) is 0 Å². The minimum atomic E-state index is -4.00. The van der Waals surface area contributed by atoms with Crippen LogP contribution in [0.25, 0.3) is 0 Å². The molecule has 1 heterocycles. The molecule has 2 N–H and O–H groups in total. The average Bonchev–Trinajstić information content (AvgIpc) is 2.39. The van der Waals surface area contributed by atoms with E-state index >= 15 is 0 Å². The fraction of sp³-hybridized carbons (Fsp3) is 0.583. The Hall–Kier alpha value is -1.05. The summed E-state index contributed by atoms with van der Waals surface area (Å²) in [5.41, 5.74) is 4.93. The van der Waals surface area contributed by atoms with Gasteiger partial charge >= 0.3 is 0 Å². The summed E-state index contributed by atoms with van der Waals surface area (Å²) < 4.78 is 39.9. The minimum Gasteiger partial charge on any atom is -0.329 e. The van der Waals surface area contributed by atoms with Crippen molar-refractivity contribution in [3.63, 3.8) is 0 Å². The van der Waals surface area contributed by atoms with Crippen LogP contribution < -0.4 is 5.73 Å². The molecule has 19 heavy (non-hydrogen) atoms. The molecule has 0 fully saturated rings. The summed E-state index contributed by atoms with van der Waals surface area (Å²) in [5.74, 6) is -0.851. The maximum absolute atomic E-state index is 13.7. The molecule has 0 amide bonds. The molecule has 5 nitrogen and oxygen atoms in total. The van der Waals surface area contributed by atoms with Gasteiger partial charge in [0.1, 0.15) is 0 Å². The number of pyridine rings is 1. The predicted octanol–water partition coefficient (Wildman–Crippen LogP) is 1.36. The molecule has 1 atom stereocenters. The van der Waals surface area contributed by atoms with Crippen LogP contribution in [0.1, 0.15) is 27.2 Å². The van der Waals surface area contributed by atoms with E-state index in [1.807, 2.05) is 6.92 Å². The zero-order chi connectivity index (χ0) is 14.7. The minimum absolute atomic E-state index is 0.158. The summed E-state index contributed by atoms with van der Waals surface area (Å²) in [4.78, 5) is 3.66. The summed E-state index contributed by atoms with van der Waals surface area (Å²) in [6, 6.07) is 2.44. The van der Waals surface area contributed by atoms with Gasteiger partial charge < -0.3 is 5.73 Å². The normalized spacial score (nSPS) is 15.5. The Morgan fingerprint density at radius 3 is 2.53 bits per heavy atom. The molecule has 0 aromatic carbocycles. The highest BCUT2D eigenvalue weighted by molar-refractivity contribution is 7.89. The van der Waals surface area contributed by atoms with Crippen LogP contribution in [0, 0.1) is 5.82 Å². The Labute approximate surface area is 113 Å². The molecule has 0 radical (unpaired) electrons. The molecular weight excluding hydrogens is 269 g/mol. The van der Waals surface area contributed by atoms with E-state index in [2.05, 4.69) is 4.98 Å². The number of rotatable bonds is 6. The lowest BCUT2D eigenvalue weighted by Crippen LogP contribution is -2.54. The first-order valence-electron chi connectivity index (χ1n) is 6.17. The van der Waals surface area contributed by atoms with Crippen molar-refractivity contribution in [2.75, 3.05) is 13.1 Å². The van der Waals surface area contributed by atoms with Crippen molar-refractivity contribution in [2.24, 2.45) is 5.73 Å². The van der Waals surface area contributed by atoms with Crippen LogP contribution in [0.5, 0.6) is 0 Å². The van der Waals surface area contributed by atoms with E-state index in [9.17, 15) is 12.8 Å². The molecule has 1 aromatic rings. The van der Waals surface area contributed by atoms with Crippen molar-refractivity contribution in [3.8, 4) is 0 Å². The van der Waals surface area contributed by atoms with E-state index in [0.717, 1.165) is 6.07 Å². The van der Waals surface area contributed by atoms with E-state index in [1.54, 1.807) is 13.8 Å². The Morgan fingerprint density at radius 1 is 1.47 bits per heavy atom. The highest BCUT2D eigenvalue weighted by Gasteiger charge is 2.39. The first kappa shape index (κ1) is 16.0. The summed E-state index contributed by atoms with van der Waals surface area (Å²) in [7, 11) is -4.00. The zero-order valence-corrected chi connectivity index (χ0v) is 12.2. The average molecular weight is 289 g/mol. The SMILES string of the molecule is CCN(C(C)(CC)CN)S(=O)(=O)c1ncccc1F.